The summed E-state index contributed by atoms with van der Waals surface area (Å²) in [5.74, 6) is 4.21. The first-order valence-electron chi connectivity index (χ1n) is 9.81. The first-order chi connectivity index (χ1) is 11.0. The molecule has 5 fully saturated rings. The largest absolute Gasteiger partial charge is 0.361 e. The van der Waals surface area contributed by atoms with E-state index >= 15 is 0 Å². The van der Waals surface area contributed by atoms with Gasteiger partial charge in [-0.15, -0.1) is 6.58 Å². The van der Waals surface area contributed by atoms with Gasteiger partial charge in [-0.05, 0) is 73.5 Å². The lowest BCUT2D eigenvalue weighted by Gasteiger charge is -2.59. The average molecular weight is 314 g/mol. The van der Waals surface area contributed by atoms with Crippen molar-refractivity contribution in [3.05, 3.63) is 12.7 Å². The molecule has 126 valence electrons. The lowest BCUT2D eigenvalue weighted by molar-refractivity contribution is -0.133. The van der Waals surface area contributed by atoms with Crippen molar-refractivity contribution in [3.63, 3.8) is 0 Å². The molecule has 0 aromatic carbocycles. The van der Waals surface area contributed by atoms with Gasteiger partial charge in [-0.2, -0.15) is 0 Å². The molecule has 1 heterocycles. The zero-order chi connectivity index (χ0) is 16.0. The summed E-state index contributed by atoms with van der Waals surface area (Å²) in [4.78, 5) is 12.2. The maximum absolute atomic E-state index is 12.2. The summed E-state index contributed by atoms with van der Waals surface area (Å²) in [5.41, 5.74) is 0.759. The standard InChI is InChI=1S/C21H30O2/c1-4-12-6-8-15-14-7-5-13-11-17(22)18-19(23-18)21(13,3)16(14)9-10-20(12,15)2/h4,12-16,18-19H,1,5-11H2,2-3H3. The van der Waals surface area contributed by atoms with E-state index in [9.17, 15) is 4.79 Å². The lowest BCUT2D eigenvalue weighted by Crippen LogP contribution is -2.56. The Kier molecular flexibility index (Phi) is 2.88. The van der Waals surface area contributed by atoms with Crippen molar-refractivity contribution in [1.82, 2.24) is 0 Å². The second kappa shape index (κ2) is 4.50. The van der Waals surface area contributed by atoms with Crippen molar-refractivity contribution in [2.24, 2.45) is 40.4 Å². The Morgan fingerprint density at radius 3 is 2.74 bits per heavy atom. The van der Waals surface area contributed by atoms with E-state index in [0.717, 1.165) is 30.1 Å². The minimum Gasteiger partial charge on any atom is -0.361 e. The number of Topliss-reactive ketones (excluding diaryl/α,β-unsaturated/α-hetero) is 1. The number of epoxide rings is 1. The normalized spacial score (nSPS) is 60.3. The number of hydrogen-bond acceptors (Lipinski definition) is 2. The van der Waals surface area contributed by atoms with Crippen molar-refractivity contribution < 1.29 is 9.53 Å². The molecule has 0 bridgehead atoms. The highest BCUT2D eigenvalue weighted by atomic mass is 16.6. The van der Waals surface area contributed by atoms with Gasteiger partial charge in [0.2, 0.25) is 0 Å². The topological polar surface area (TPSA) is 29.6 Å². The van der Waals surface area contributed by atoms with Crippen molar-refractivity contribution in [2.75, 3.05) is 0 Å². The molecule has 4 aliphatic carbocycles. The van der Waals surface area contributed by atoms with Gasteiger partial charge >= 0.3 is 0 Å². The van der Waals surface area contributed by atoms with Crippen LogP contribution in [0.25, 0.3) is 0 Å². The molecule has 0 N–H and O–H groups in total. The number of ether oxygens (including phenoxy) is 1. The quantitative estimate of drug-likeness (QED) is 0.531. The van der Waals surface area contributed by atoms with Crippen molar-refractivity contribution in [1.29, 1.82) is 0 Å². The summed E-state index contributed by atoms with van der Waals surface area (Å²) in [6.07, 6.45) is 11.3. The number of rotatable bonds is 1. The molecule has 5 rings (SSSR count). The van der Waals surface area contributed by atoms with Crippen LogP contribution < -0.4 is 0 Å². The van der Waals surface area contributed by atoms with Gasteiger partial charge in [0.25, 0.3) is 0 Å². The first kappa shape index (κ1) is 14.7. The molecular formula is C21H30O2. The van der Waals surface area contributed by atoms with Gasteiger partial charge in [0, 0.05) is 11.8 Å². The second-order valence-corrected chi connectivity index (χ2v) is 9.63. The molecule has 1 aliphatic heterocycles. The molecule has 4 saturated carbocycles. The number of fused-ring (bicyclic) bond motifs is 7. The minimum absolute atomic E-state index is 0.0344. The number of ketones is 1. The predicted molar refractivity (Wildman–Crippen MR) is 89.8 cm³/mol. The second-order valence-electron chi connectivity index (χ2n) is 9.63. The van der Waals surface area contributed by atoms with Gasteiger partial charge in [-0.1, -0.05) is 19.9 Å². The Morgan fingerprint density at radius 1 is 1.13 bits per heavy atom. The van der Waals surface area contributed by atoms with Gasteiger partial charge in [0.1, 0.15) is 6.10 Å². The van der Waals surface area contributed by atoms with Crippen molar-refractivity contribution >= 4 is 5.78 Å². The van der Waals surface area contributed by atoms with E-state index in [1.165, 1.54) is 38.5 Å². The molecule has 23 heavy (non-hydrogen) atoms. The fourth-order valence-corrected chi connectivity index (χ4v) is 7.85. The van der Waals surface area contributed by atoms with Crippen LogP contribution in [0.15, 0.2) is 12.7 Å². The van der Waals surface area contributed by atoms with Crippen LogP contribution in [0.5, 0.6) is 0 Å². The van der Waals surface area contributed by atoms with E-state index in [2.05, 4.69) is 26.5 Å². The van der Waals surface area contributed by atoms with Gasteiger partial charge in [0.15, 0.2) is 5.78 Å². The maximum atomic E-state index is 12.2. The Morgan fingerprint density at radius 2 is 1.96 bits per heavy atom. The molecule has 5 aliphatic rings. The smallest absolute Gasteiger partial charge is 0.164 e. The van der Waals surface area contributed by atoms with E-state index in [4.69, 9.17) is 4.74 Å². The predicted octanol–water partition coefficient (Wildman–Crippen LogP) is 4.39. The zero-order valence-corrected chi connectivity index (χ0v) is 14.6. The summed E-state index contributed by atoms with van der Waals surface area (Å²) < 4.78 is 5.92. The van der Waals surface area contributed by atoms with E-state index in [1.807, 2.05) is 0 Å². The molecule has 9 unspecified atom stereocenters. The van der Waals surface area contributed by atoms with Crippen LogP contribution in [-0.4, -0.2) is 18.0 Å². The molecule has 0 aromatic rings. The number of allylic oxidation sites excluding steroid dienone is 1. The Hall–Kier alpha value is -0.630. The summed E-state index contributed by atoms with van der Waals surface area (Å²) in [6.45, 7) is 9.16. The third kappa shape index (κ3) is 1.67. The number of carbonyl (C=O) groups is 1. The Labute approximate surface area is 140 Å². The van der Waals surface area contributed by atoms with Gasteiger partial charge in [-0.3, -0.25) is 4.79 Å². The van der Waals surface area contributed by atoms with Crippen LogP contribution >= 0.6 is 0 Å². The average Bonchev–Trinajstić information content (AvgIpc) is 3.27. The Balaban J connectivity index is 1.49. The first-order valence-corrected chi connectivity index (χ1v) is 9.81. The molecule has 0 aromatic heterocycles. The van der Waals surface area contributed by atoms with Crippen molar-refractivity contribution in [2.45, 2.75) is 71.0 Å². The third-order valence-electron chi connectivity index (χ3n) is 9.19. The summed E-state index contributed by atoms with van der Waals surface area (Å²) in [7, 11) is 0. The fraction of sp³-hybridized carbons (Fsp3) is 0.857. The van der Waals surface area contributed by atoms with Crippen LogP contribution in [0.4, 0.5) is 0 Å². The lowest BCUT2D eigenvalue weighted by atomic mass is 9.44. The maximum Gasteiger partial charge on any atom is 0.164 e. The van der Waals surface area contributed by atoms with E-state index in [-0.39, 0.29) is 17.6 Å². The van der Waals surface area contributed by atoms with Crippen LogP contribution in [0.2, 0.25) is 0 Å². The molecule has 0 radical (unpaired) electrons. The molecular weight excluding hydrogens is 284 g/mol. The highest BCUT2D eigenvalue weighted by molar-refractivity contribution is 5.87. The SMILES string of the molecule is C=CC1CCC2C3CCC4CC(=O)C5OC5C4(C)C3CCC12C. The number of carbonyl (C=O) groups excluding carboxylic acids is 1. The Bertz CT molecular complexity index is 568. The molecule has 2 heteroatoms. The summed E-state index contributed by atoms with van der Waals surface area (Å²) in [6, 6.07) is 0. The zero-order valence-electron chi connectivity index (χ0n) is 14.6. The van der Waals surface area contributed by atoms with Crippen LogP contribution in [0.3, 0.4) is 0 Å². The molecule has 1 saturated heterocycles. The highest BCUT2D eigenvalue weighted by Gasteiger charge is 2.69. The molecule has 0 amide bonds. The van der Waals surface area contributed by atoms with E-state index in [1.54, 1.807) is 0 Å². The highest BCUT2D eigenvalue weighted by Crippen LogP contribution is 2.69. The van der Waals surface area contributed by atoms with Crippen LogP contribution in [-0.2, 0) is 9.53 Å². The molecule has 2 nitrogen and oxygen atoms in total. The van der Waals surface area contributed by atoms with E-state index < -0.39 is 0 Å². The van der Waals surface area contributed by atoms with Crippen LogP contribution in [0, 0.1) is 40.4 Å². The van der Waals surface area contributed by atoms with Gasteiger partial charge in [-0.25, -0.2) is 0 Å². The molecule has 0 spiro atoms. The van der Waals surface area contributed by atoms with Gasteiger partial charge in [0.05, 0.1) is 6.10 Å². The van der Waals surface area contributed by atoms with Gasteiger partial charge < -0.3 is 4.74 Å². The minimum atomic E-state index is -0.0344. The summed E-state index contributed by atoms with van der Waals surface area (Å²) >= 11 is 0. The fourth-order valence-electron chi connectivity index (χ4n) is 7.85. The third-order valence-corrected chi connectivity index (χ3v) is 9.19. The van der Waals surface area contributed by atoms with Crippen LogP contribution in [0.1, 0.15) is 58.8 Å². The molecule has 9 atom stereocenters. The van der Waals surface area contributed by atoms with Crippen molar-refractivity contribution in [3.8, 4) is 0 Å². The monoisotopic (exact) mass is 314 g/mol. The summed E-state index contributed by atoms with van der Waals surface area (Å²) in [5, 5.41) is 0. The number of hydrogen-bond donors (Lipinski definition) is 0. The van der Waals surface area contributed by atoms with E-state index in [0.29, 0.717) is 17.1 Å².